The molecule has 0 aliphatic heterocycles. The summed E-state index contributed by atoms with van der Waals surface area (Å²) in [6.07, 6.45) is 20.9. The Balaban J connectivity index is 3.17. The zero-order valence-electron chi connectivity index (χ0n) is 23.3. The summed E-state index contributed by atoms with van der Waals surface area (Å²) in [6, 6.07) is 0. The molecular formula is C28H55N3O6. The van der Waals surface area contributed by atoms with Crippen molar-refractivity contribution in [2.24, 2.45) is 5.18 Å². The highest BCUT2D eigenvalue weighted by Gasteiger charge is 2.02. The maximum Gasteiger partial charge on any atom is 0.220 e. The first kappa shape index (κ1) is 35.4. The normalized spacial score (nSPS) is 10.9. The van der Waals surface area contributed by atoms with Crippen molar-refractivity contribution in [1.29, 1.82) is 0 Å². The van der Waals surface area contributed by atoms with Gasteiger partial charge in [0, 0.05) is 25.9 Å². The van der Waals surface area contributed by atoms with Crippen LogP contribution in [0.2, 0.25) is 0 Å². The third-order valence-corrected chi connectivity index (χ3v) is 6.26. The Morgan fingerprint density at radius 2 is 0.892 bits per heavy atom. The van der Waals surface area contributed by atoms with Gasteiger partial charge in [0.05, 0.1) is 33.0 Å². The van der Waals surface area contributed by atoms with Crippen LogP contribution in [0.4, 0.5) is 0 Å². The van der Waals surface area contributed by atoms with Crippen molar-refractivity contribution < 1.29 is 24.2 Å². The van der Waals surface area contributed by atoms with E-state index in [1.54, 1.807) is 0 Å². The van der Waals surface area contributed by atoms with Crippen molar-refractivity contribution in [3.05, 3.63) is 4.91 Å². The number of aliphatic hydroxyl groups excluding tert-OH is 1. The maximum absolute atomic E-state index is 11.7. The van der Waals surface area contributed by atoms with E-state index in [1.165, 1.54) is 77.0 Å². The Labute approximate surface area is 225 Å². The molecule has 0 unspecified atom stereocenters. The molecule has 0 aromatic carbocycles. The summed E-state index contributed by atoms with van der Waals surface area (Å²) in [7, 11) is 0. The van der Waals surface area contributed by atoms with Crippen molar-refractivity contribution >= 4 is 11.8 Å². The number of carbonyl (C=O) groups excluding carboxylic acids is 2. The highest BCUT2D eigenvalue weighted by molar-refractivity contribution is 5.76. The van der Waals surface area contributed by atoms with Crippen LogP contribution in [0.15, 0.2) is 5.18 Å². The van der Waals surface area contributed by atoms with E-state index < -0.39 is 0 Å². The van der Waals surface area contributed by atoms with Crippen molar-refractivity contribution in [3.8, 4) is 0 Å². The molecule has 218 valence electrons. The number of rotatable bonds is 30. The number of hydrogen-bond acceptors (Lipinski definition) is 7. The predicted octanol–water partition coefficient (Wildman–Crippen LogP) is 5.03. The molecule has 0 aromatic heterocycles. The zero-order valence-corrected chi connectivity index (χ0v) is 23.3. The lowest BCUT2D eigenvalue weighted by Gasteiger charge is -2.06. The van der Waals surface area contributed by atoms with E-state index in [1.807, 2.05) is 0 Å². The number of carbonyl (C=O) groups is 2. The van der Waals surface area contributed by atoms with Gasteiger partial charge < -0.3 is 25.2 Å². The summed E-state index contributed by atoms with van der Waals surface area (Å²) in [6.45, 7) is 2.71. The SMILES string of the molecule is O=NCCOCCNC(=O)CCCCCCCCCCCCCCCCCCC(=O)NCCOCCO. The van der Waals surface area contributed by atoms with Crippen LogP contribution in [0.5, 0.6) is 0 Å². The van der Waals surface area contributed by atoms with Gasteiger partial charge in [-0.2, -0.15) is 4.91 Å². The first-order valence-electron chi connectivity index (χ1n) is 14.8. The van der Waals surface area contributed by atoms with Gasteiger partial charge in [-0.05, 0) is 12.8 Å². The number of hydrogen-bond donors (Lipinski definition) is 3. The van der Waals surface area contributed by atoms with Crippen LogP contribution in [0.1, 0.15) is 116 Å². The first-order valence-corrected chi connectivity index (χ1v) is 14.8. The number of nitrogens with zero attached hydrogens (tertiary/aromatic N) is 1. The lowest BCUT2D eigenvalue weighted by atomic mass is 10.0. The molecule has 0 aliphatic rings. The van der Waals surface area contributed by atoms with E-state index in [4.69, 9.17) is 14.6 Å². The van der Waals surface area contributed by atoms with E-state index in [0.717, 1.165) is 25.7 Å². The number of ether oxygens (including phenoxy) is 2. The van der Waals surface area contributed by atoms with Gasteiger partial charge in [-0.1, -0.05) is 95.1 Å². The minimum atomic E-state index is 0.0181. The Bertz CT molecular complexity index is 522. The van der Waals surface area contributed by atoms with Crippen LogP contribution in [-0.2, 0) is 19.1 Å². The average Bonchev–Trinajstić information content (AvgIpc) is 2.89. The van der Waals surface area contributed by atoms with Crippen molar-refractivity contribution in [3.63, 3.8) is 0 Å². The standard InChI is InChI=1S/C28H55N3O6/c32-22-26-37-24-20-30-28(34)18-16-14-12-10-8-6-4-2-1-3-5-7-9-11-13-15-17-27(33)29-19-23-36-25-21-31-35/h32H,1-26H2,(H,29,33)(H,30,34). The highest BCUT2D eigenvalue weighted by Crippen LogP contribution is 2.14. The van der Waals surface area contributed by atoms with Gasteiger partial charge in [0.1, 0.15) is 6.54 Å². The van der Waals surface area contributed by atoms with Gasteiger partial charge in [-0.3, -0.25) is 9.59 Å². The van der Waals surface area contributed by atoms with E-state index in [0.29, 0.717) is 52.4 Å². The second-order valence-electron chi connectivity index (χ2n) is 9.66. The molecule has 0 rings (SSSR count). The first-order chi connectivity index (χ1) is 18.2. The molecule has 37 heavy (non-hydrogen) atoms. The van der Waals surface area contributed by atoms with Gasteiger partial charge in [0.25, 0.3) is 0 Å². The van der Waals surface area contributed by atoms with E-state index in [-0.39, 0.29) is 25.0 Å². The largest absolute Gasteiger partial charge is 0.394 e. The van der Waals surface area contributed by atoms with E-state index >= 15 is 0 Å². The molecule has 0 aliphatic carbocycles. The topological polar surface area (TPSA) is 126 Å². The van der Waals surface area contributed by atoms with Crippen LogP contribution >= 0.6 is 0 Å². The van der Waals surface area contributed by atoms with Crippen LogP contribution in [0.25, 0.3) is 0 Å². The molecule has 0 heterocycles. The Kier molecular flexibility index (Phi) is 29.3. The second-order valence-corrected chi connectivity index (χ2v) is 9.66. The smallest absolute Gasteiger partial charge is 0.220 e. The number of aliphatic hydroxyl groups is 1. The summed E-state index contributed by atoms with van der Waals surface area (Å²) in [4.78, 5) is 33.3. The molecule has 0 spiro atoms. The average molecular weight is 530 g/mol. The van der Waals surface area contributed by atoms with Gasteiger partial charge in [-0.15, -0.1) is 0 Å². The Hall–Kier alpha value is -1.58. The predicted molar refractivity (Wildman–Crippen MR) is 149 cm³/mol. The number of nitrogens with one attached hydrogen (secondary N) is 2. The molecule has 0 radical (unpaired) electrons. The third-order valence-electron chi connectivity index (χ3n) is 6.26. The number of nitroso groups, excluding NO2 is 1. The molecule has 0 saturated carbocycles. The third kappa shape index (κ3) is 30.5. The Morgan fingerprint density at radius 3 is 1.24 bits per heavy atom. The van der Waals surface area contributed by atoms with Gasteiger partial charge in [0.2, 0.25) is 11.8 Å². The molecule has 3 N–H and O–H groups in total. The monoisotopic (exact) mass is 529 g/mol. The van der Waals surface area contributed by atoms with E-state index in [9.17, 15) is 14.5 Å². The van der Waals surface area contributed by atoms with Gasteiger partial charge >= 0.3 is 0 Å². The zero-order chi connectivity index (χ0) is 27.1. The highest BCUT2D eigenvalue weighted by atomic mass is 16.5. The fourth-order valence-corrected chi connectivity index (χ4v) is 4.12. The van der Waals surface area contributed by atoms with Gasteiger partial charge in [-0.25, -0.2) is 0 Å². The number of amides is 2. The van der Waals surface area contributed by atoms with Crippen LogP contribution < -0.4 is 10.6 Å². The van der Waals surface area contributed by atoms with Crippen molar-refractivity contribution in [1.82, 2.24) is 10.6 Å². The fraction of sp³-hybridized carbons (Fsp3) is 0.929. The molecule has 0 bridgehead atoms. The Morgan fingerprint density at radius 1 is 0.541 bits per heavy atom. The lowest BCUT2D eigenvalue weighted by molar-refractivity contribution is -0.122. The summed E-state index contributed by atoms with van der Waals surface area (Å²) in [5.41, 5.74) is 0. The van der Waals surface area contributed by atoms with Gasteiger partial charge in [0.15, 0.2) is 0 Å². The second kappa shape index (κ2) is 30.6. The minimum Gasteiger partial charge on any atom is -0.394 e. The molecule has 0 saturated heterocycles. The lowest BCUT2D eigenvalue weighted by Crippen LogP contribution is -2.27. The summed E-state index contributed by atoms with van der Waals surface area (Å²) in [5, 5.41) is 17.0. The summed E-state index contributed by atoms with van der Waals surface area (Å²) >= 11 is 0. The quantitative estimate of drug-likeness (QED) is 0.0885. The maximum atomic E-state index is 11.7. The number of unbranched alkanes of at least 4 members (excludes halogenated alkanes) is 15. The summed E-state index contributed by atoms with van der Waals surface area (Å²) < 4.78 is 10.3. The molecule has 2 amide bonds. The molecule has 0 atom stereocenters. The molecule has 9 nitrogen and oxygen atoms in total. The molecular weight excluding hydrogens is 474 g/mol. The molecule has 0 fully saturated rings. The van der Waals surface area contributed by atoms with Crippen molar-refractivity contribution in [2.75, 3.05) is 52.7 Å². The van der Waals surface area contributed by atoms with Crippen LogP contribution in [0.3, 0.4) is 0 Å². The van der Waals surface area contributed by atoms with E-state index in [2.05, 4.69) is 15.8 Å². The summed E-state index contributed by atoms with van der Waals surface area (Å²) in [5.74, 6) is 0.174. The molecule has 9 heteroatoms. The minimum absolute atomic E-state index is 0.0181. The van der Waals surface area contributed by atoms with Crippen LogP contribution in [0, 0.1) is 4.91 Å². The molecule has 0 aromatic rings. The fourth-order valence-electron chi connectivity index (χ4n) is 4.12. The van der Waals surface area contributed by atoms with Crippen molar-refractivity contribution in [2.45, 2.75) is 116 Å². The van der Waals surface area contributed by atoms with Crippen LogP contribution in [-0.4, -0.2) is 69.6 Å².